The number of hydrogen-bond acceptors (Lipinski definition) is 4. The number of aliphatic imine (C=N–C) groups is 1. The van der Waals surface area contributed by atoms with E-state index in [9.17, 15) is 4.79 Å². The number of amides is 2. The highest BCUT2D eigenvalue weighted by molar-refractivity contribution is 6.35. The third-order valence-electron chi connectivity index (χ3n) is 4.73. The zero-order valence-corrected chi connectivity index (χ0v) is 20.0. The average molecular weight is 483 g/mol. The number of nitrogens with one attached hydrogen (secondary N) is 1. The van der Waals surface area contributed by atoms with E-state index >= 15 is 0 Å². The minimum Gasteiger partial charge on any atom is -0.491 e. The lowest BCUT2D eigenvalue weighted by atomic mass is 10.2. The number of methoxy groups -OCH3 is 1. The van der Waals surface area contributed by atoms with Crippen molar-refractivity contribution in [1.29, 1.82) is 0 Å². The van der Waals surface area contributed by atoms with Gasteiger partial charge >= 0.3 is 6.03 Å². The Balaban J connectivity index is 1.96. The highest BCUT2D eigenvalue weighted by Crippen LogP contribution is 2.47. The number of nitrogens with two attached hydrogens (primary N) is 1. The molecule has 0 bridgehead atoms. The molecule has 0 aromatic heterocycles. The van der Waals surface area contributed by atoms with Crippen molar-refractivity contribution in [3.05, 3.63) is 82.9 Å². The van der Waals surface area contributed by atoms with Crippen molar-refractivity contribution in [2.24, 2.45) is 10.7 Å². The fourth-order valence-corrected chi connectivity index (χ4v) is 3.17. The first-order valence-electron chi connectivity index (χ1n) is 10.5. The number of hydrogen-bond donors (Lipinski definition) is 2. The maximum absolute atomic E-state index is 12.5. The van der Waals surface area contributed by atoms with Crippen LogP contribution in [0.4, 0.5) is 10.5 Å². The van der Waals surface area contributed by atoms with Crippen LogP contribution in [0, 0.1) is 0 Å². The zero-order chi connectivity index (χ0) is 24.5. The normalized spacial score (nSPS) is 11.0. The molecule has 9 heteroatoms. The van der Waals surface area contributed by atoms with Crippen LogP contribution < -0.4 is 25.3 Å². The fraction of sp³-hybridized carbons (Fsp3) is 0.200. The second-order valence-corrected chi connectivity index (χ2v) is 7.82. The van der Waals surface area contributed by atoms with Crippen LogP contribution in [-0.2, 0) is 13.2 Å². The first-order chi connectivity index (χ1) is 16.4. The highest BCUT2D eigenvalue weighted by Gasteiger charge is 2.22. The number of benzene rings is 3. The molecule has 8 nitrogen and oxygen atoms in total. The summed E-state index contributed by atoms with van der Waals surface area (Å²) in [4.78, 5) is 17.8. The van der Waals surface area contributed by atoms with Gasteiger partial charge in [0.1, 0.15) is 29.7 Å². The predicted molar refractivity (Wildman–Crippen MR) is 134 cm³/mol. The van der Waals surface area contributed by atoms with Crippen LogP contribution in [0.3, 0.4) is 0 Å². The van der Waals surface area contributed by atoms with Crippen molar-refractivity contribution >= 4 is 29.3 Å². The van der Waals surface area contributed by atoms with Gasteiger partial charge in [0.25, 0.3) is 0 Å². The van der Waals surface area contributed by atoms with E-state index in [1.165, 1.54) is 12.0 Å². The second kappa shape index (κ2) is 11.8. The Hall–Kier alpha value is -3.91. The van der Waals surface area contributed by atoms with Crippen LogP contribution in [-0.4, -0.2) is 38.1 Å². The molecule has 0 fully saturated rings. The third-order valence-corrected chi connectivity index (χ3v) is 5.11. The van der Waals surface area contributed by atoms with E-state index in [0.29, 0.717) is 11.5 Å². The molecule has 3 N–H and O–H groups in total. The van der Waals surface area contributed by atoms with E-state index in [-0.39, 0.29) is 35.6 Å². The van der Waals surface area contributed by atoms with Gasteiger partial charge in [0.05, 0.1) is 7.11 Å². The number of carbonyl (C=O) groups excluding carboxylic acids is 1. The number of anilines is 1. The molecule has 0 aliphatic rings. The monoisotopic (exact) mass is 482 g/mol. The lowest BCUT2D eigenvalue weighted by molar-refractivity contribution is 0.259. The highest BCUT2D eigenvalue weighted by atomic mass is 35.5. The summed E-state index contributed by atoms with van der Waals surface area (Å²) in [5.74, 6) is 0.928. The maximum Gasteiger partial charge on any atom is 0.348 e. The van der Waals surface area contributed by atoms with Crippen molar-refractivity contribution in [2.45, 2.75) is 13.2 Å². The lowest BCUT2D eigenvalue weighted by Crippen LogP contribution is -2.32. The summed E-state index contributed by atoms with van der Waals surface area (Å²) in [7, 11) is 4.80. The van der Waals surface area contributed by atoms with Crippen LogP contribution >= 0.6 is 11.6 Å². The number of carbonyl (C=O) groups is 1. The standard InChI is InChI=1S/C25H27ClN4O4/c1-30(2)24(27)29-25(31)28-22-21(26)19(33-15-17-10-6-4-7-11-17)14-20(23(22)32-3)34-16-18-12-8-5-9-13-18/h4-14H,15-16H2,1-3H3,(H3,27,28,29,31). The van der Waals surface area contributed by atoms with E-state index in [1.54, 1.807) is 20.2 Å². The summed E-state index contributed by atoms with van der Waals surface area (Å²) in [5.41, 5.74) is 7.84. The maximum atomic E-state index is 12.5. The first kappa shape index (κ1) is 24.7. The Kier molecular flexibility index (Phi) is 8.59. The first-order valence-corrected chi connectivity index (χ1v) is 10.8. The molecule has 3 aromatic carbocycles. The molecule has 3 aromatic rings. The van der Waals surface area contributed by atoms with E-state index in [2.05, 4.69) is 10.3 Å². The average Bonchev–Trinajstić information content (AvgIpc) is 2.84. The molecule has 3 rings (SSSR count). The molecular weight excluding hydrogens is 456 g/mol. The number of nitrogens with zero attached hydrogens (tertiary/aromatic N) is 2. The Morgan fingerprint density at radius 1 is 0.971 bits per heavy atom. The largest absolute Gasteiger partial charge is 0.491 e. The van der Waals surface area contributed by atoms with Gasteiger partial charge in [-0.05, 0) is 11.1 Å². The topological polar surface area (TPSA) is 98.4 Å². The van der Waals surface area contributed by atoms with E-state index in [4.69, 9.17) is 31.5 Å². The summed E-state index contributed by atoms with van der Waals surface area (Å²) in [6, 6.07) is 20.2. The molecule has 0 saturated carbocycles. The molecular formula is C25H27ClN4O4. The van der Waals surface area contributed by atoms with Gasteiger partial charge in [-0.1, -0.05) is 72.3 Å². The minimum absolute atomic E-state index is 0.0321. The molecule has 0 radical (unpaired) electrons. The van der Waals surface area contributed by atoms with Crippen LogP contribution in [0.15, 0.2) is 71.7 Å². The molecule has 0 saturated heterocycles. The predicted octanol–water partition coefficient (Wildman–Crippen LogP) is 4.91. The van der Waals surface area contributed by atoms with E-state index in [1.807, 2.05) is 60.7 Å². The SMILES string of the molecule is COc1c(OCc2ccccc2)cc(OCc2ccccc2)c(Cl)c1NC(=O)N=C(N)N(C)C. The van der Waals surface area contributed by atoms with Crippen LogP contribution in [0.5, 0.6) is 17.2 Å². The summed E-state index contributed by atoms with van der Waals surface area (Å²) < 4.78 is 17.5. The summed E-state index contributed by atoms with van der Waals surface area (Å²) in [6.07, 6.45) is 0. The molecule has 178 valence electrons. The summed E-state index contributed by atoms with van der Waals surface area (Å²) in [5, 5.41) is 2.79. The number of ether oxygens (including phenoxy) is 3. The van der Waals surface area contributed by atoms with Gasteiger partial charge in [-0.2, -0.15) is 4.99 Å². The van der Waals surface area contributed by atoms with Crippen molar-refractivity contribution in [3.63, 3.8) is 0 Å². The summed E-state index contributed by atoms with van der Waals surface area (Å²) >= 11 is 6.63. The van der Waals surface area contributed by atoms with Crippen LogP contribution in [0.1, 0.15) is 11.1 Å². The van der Waals surface area contributed by atoms with Crippen LogP contribution in [0.2, 0.25) is 5.02 Å². The number of halogens is 1. The molecule has 0 spiro atoms. The lowest BCUT2D eigenvalue weighted by Gasteiger charge is -2.19. The van der Waals surface area contributed by atoms with Gasteiger partial charge < -0.3 is 30.2 Å². The van der Waals surface area contributed by atoms with Gasteiger partial charge in [0.2, 0.25) is 0 Å². The van der Waals surface area contributed by atoms with Crippen molar-refractivity contribution in [1.82, 2.24) is 4.90 Å². The minimum atomic E-state index is -0.722. The van der Waals surface area contributed by atoms with Gasteiger partial charge in [0, 0.05) is 20.2 Å². The van der Waals surface area contributed by atoms with Gasteiger partial charge in [-0.3, -0.25) is 0 Å². The third kappa shape index (κ3) is 6.55. The van der Waals surface area contributed by atoms with E-state index < -0.39 is 6.03 Å². The van der Waals surface area contributed by atoms with Gasteiger partial charge in [0.15, 0.2) is 17.5 Å². The molecule has 0 aliphatic carbocycles. The smallest absolute Gasteiger partial charge is 0.348 e. The molecule has 34 heavy (non-hydrogen) atoms. The Morgan fingerprint density at radius 2 is 1.50 bits per heavy atom. The quantitative estimate of drug-likeness (QED) is 0.349. The Labute approximate surface area is 203 Å². The number of guanidine groups is 1. The van der Waals surface area contributed by atoms with Gasteiger partial charge in [-0.15, -0.1) is 0 Å². The number of rotatable bonds is 8. The molecule has 0 heterocycles. The Morgan fingerprint density at radius 3 is 2.00 bits per heavy atom. The molecule has 0 aliphatic heterocycles. The van der Waals surface area contributed by atoms with Gasteiger partial charge in [-0.25, -0.2) is 4.79 Å². The van der Waals surface area contributed by atoms with Crippen LogP contribution in [0.25, 0.3) is 0 Å². The molecule has 0 unspecified atom stereocenters. The van der Waals surface area contributed by atoms with Crippen molar-refractivity contribution in [2.75, 3.05) is 26.5 Å². The summed E-state index contributed by atoms with van der Waals surface area (Å²) in [6.45, 7) is 0.542. The second-order valence-electron chi connectivity index (χ2n) is 7.44. The van der Waals surface area contributed by atoms with Crippen molar-refractivity contribution in [3.8, 4) is 17.2 Å². The Bertz CT molecular complexity index is 1140. The van der Waals surface area contributed by atoms with E-state index in [0.717, 1.165) is 11.1 Å². The number of urea groups is 1. The molecule has 0 atom stereocenters. The molecule has 2 amide bonds. The van der Waals surface area contributed by atoms with Crippen molar-refractivity contribution < 1.29 is 19.0 Å². The zero-order valence-electron chi connectivity index (χ0n) is 19.2. The fourth-order valence-electron chi connectivity index (χ4n) is 2.93.